The van der Waals surface area contributed by atoms with Crippen molar-refractivity contribution in [3.05, 3.63) is 52.2 Å². The summed E-state index contributed by atoms with van der Waals surface area (Å²) in [5.41, 5.74) is 2.27. The Morgan fingerprint density at radius 3 is 2.63 bits per heavy atom. The third kappa shape index (κ3) is 5.31. The number of ether oxygens (including phenoxy) is 2. The van der Waals surface area contributed by atoms with Crippen molar-refractivity contribution >= 4 is 16.9 Å². The van der Waals surface area contributed by atoms with Gasteiger partial charge in [0.25, 0.3) is 0 Å². The van der Waals surface area contributed by atoms with Gasteiger partial charge in [-0.3, -0.25) is 9.69 Å². The second-order valence-electron chi connectivity index (χ2n) is 10.7. The second kappa shape index (κ2) is 11.1. The van der Waals surface area contributed by atoms with Gasteiger partial charge in [-0.2, -0.15) is 0 Å². The molecule has 0 radical (unpaired) electrons. The predicted molar refractivity (Wildman–Crippen MR) is 144 cm³/mol. The number of pyridine rings is 1. The normalized spacial score (nSPS) is 24.7. The zero-order valence-corrected chi connectivity index (χ0v) is 22.4. The molecule has 3 aromatic rings. The lowest BCUT2D eigenvalue weighted by Gasteiger charge is -2.39. The van der Waals surface area contributed by atoms with Crippen LogP contribution in [0.5, 0.6) is 0 Å². The number of hydrogen-bond acceptors (Lipinski definition) is 8. The molecule has 0 saturated carbocycles. The van der Waals surface area contributed by atoms with Gasteiger partial charge >= 0.3 is 0 Å². The van der Waals surface area contributed by atoms with Crippen LogP contribution < -0.4 is 10.7 Å². The largest absolute Gasteiger partial charge is 0.389 e. The number of benzene rings is 1. The van der Waals surface area contributed by atoms with Gasteiger partial charge in [0.1, 0.15) is 5.69 Å². The molecule has 0 unspecified atom stereocenters. The highest BCUT2D eigenvalue weighted by molar-refractivity contribution is 5.84. The maximum absolute atomic E-state index is 15.0. The number of rotatable bonds is 6. The highest BCUT2D eigenvalue weighted by Crippen LogP contribution is 2.28. The summed E-state index contributed by atoms with van der Waals surface area (Å²) >= 11 is 0. The third-order valence-corrected chi connectivity index (χ3v) is 7.50. The van der Waals surface area contributed by atoms with Crippen molar-refractivity contribution in [3.8, 4) is 11.3 Å². The lowest BCUT2D eigenvalue weighted by atomic mass is 10.0. The Morgan fingerprint density at radius 1 is 1.16 bits per heavy atom. The van der Waals surface area contributed by atoms with Gasteiger partial charge < -0.3 is 24.5 Å². The number of halogens is 1. The quantitative estimate of drug-likeness (QED) is 0.505. The van der Waals surface area contributed by atoms with Crippen LogP contribution in [0.2, 0.25) is 0 Å². The Balaban J connectivity index is 1.55. The molecule has 4 atom stereocenters. The van der Waals surface area contributed by atoms with Crippen LogP contribution in [-0.2, 0) is 16.0 Å². The number of morpholine rings is 1. The predicted octanol–water partition coefficient (Wildman–Crippen LogP) is 3.35. The fourth-order valence-corrected chi connectivity index (χ4v) is 5.50. The standard InChI is InChI=1S/C28H36FN5O4/c1-16(2)34-20(12-33-17(3)13-38-14-18(33)4)10-25(35)21-6-5-19(9-24(21)34)27-22(29)11-30-28(32-27)31-23-7-8-37-15-26(23)36/h5-6,9-11,16-18,23,26,36H,7-8,12-15H2,1-4H3,(H,30,31,32)/t17-,18-,23-,26-/m1/s1. The molecule has 10 heteroatoms. The fraction of sp³-hybridized carbons (Fsp3) is 0.536. The van der Waals surface area contributed by atoms with E-state index in [4.69, 9.17) is 9.47 Å². The maximum Gasteiger partial charge on any atom is 0.223 e. The first-order valence-electron chi connectivity index (χ1n) is 13.3. The van der Waals surface area contributed by atoms with Crippen LogP contribution in [-0.4, -0.2) is 75.2 Å². The van der Waals surface area contributed by atoms with Gasteiger partial charge in [-0.05, 0) is 46.2 Å². The van der Waals surface area contributed by atoms with E-state index in [0.29, 0.717) is 43.7 Å². The van der Waals surface area contributed by atoms with Gasteiger partial charge in [0.15, 0.2) is 11.2 Å². The van der Waals surface area contributed by atoms with Gasteiger partial charge in [0, 0.05) is 54.0 Å². The molecule has 0 bridgehead atoms. The summed E-state index contributed by atoms with van der Waals surface area (Å²) in [6.45, 7) is 11.1. The number of aromatic nitrogens is 3. The minimum absolute atomic E-state index is 0.0639. The molecule has 2 fully saturated rings. The minimum Gasteiger partial charge on any atom is -0.389 e. The molecule has 0 aliphatic carbocycles. The Hall–Kier alpha value is -2.92. The van der Waals surface area contributed by atoms with Crippen molar-refractivity contribution in [2.24, 2.45) is 0 Å². The molecule has 5 rings (SSSR count). The van der Waals surface area contributed by atoms with Crippen LogP contribution in [0.3, 0.4) is 0 Å². The summed E-state index contributed by atoms with van der Waals surface area (Å²) < 4.78 is 28.1. The molecule has 4 heterocycles. The van der Waals surface area contributed by atoms with Crippen LogP contribution in [0, 0.1) is 5.82 Å². The van der Waals surface area contributed by atoms with E-state index >= 15 is 4.39 Å². The molecule has 1 aromatic carbocycles. The highest BCUT2D eigenvalue weighted by atomic mass is 19.1. The summed E-state index contributed by atoms with van der Waals surface area (Å²) in [5.74, 6) is -0.328. The molecular weight excluding hydrogens is 489 g/mol. The number of aliphatic hydroxyl groups is 1. The zero-order chi connectivity index (χ0) is 27.0. The van der Waals surface area contributed by atoms with Crippen molar-refractivity contribution in [2.45, 2.75) is 70.9 Å². The van der Waals surface area contributed by atoms with E-state index in [2.05, 4.69) is 52.4 Å². The number of anilines is 1. The van der Waals surface area contributed by atoms with Gasteiger partial charge in [0.05, 0.1) is 43.7 Å². The molecular formula is C28H36FN5O4. The van der Waals surface area contributed by atoms with Crippen LogP contribution in [0.1, 0.15) is 45.9 Å². The van der Waals surface area contributed by atoms with E-state index in [0.717, 1.165) is 17.4 Å². The summed E-state index contributed by atoms with van der Waals surface area (Å²) in [7, 11) is 0. The van der Waals surface area contributed by atoms with E-state index in [-0.39, 0.29) is 47.8 Å². The summed E-state index contributed by atoms with van der Waals surface area (Å²) in [6, 6.07) is 7.27. The molecule has 9 nitrogen and oxygen atoms in total. The first-order chi connectivity index (χ1) is 18.2. The van der Waals surface area contributed by atoms with E-state index in [9.17, 15) is 9.90 Å². The van der Waals surface area contributed by atoms with E-state index in [1.165, 1.54) is 0 Å². The average Bonchev–Trinajstić information content (AvgIpc) is 2.88. The smallest absolute Gasteiger partial charge is 0.223 e. The van der Waals surface area contributed by atoms with Crippen LogP contribution in [0.15, 0.2) is 35.3 Å². The first-order valence-corrected chi connectivity index (χ1v) is 13.3. The maximum atomic E-state index is 15.0. The van der Waals surface area contributed by atoms with Crippen LogP contribution >= 0.6 is 0 Å². The van der Waals surface area contributed by atoms with Crippen molar-refractivity contribution in [1.82, 2.24) is 19.4 Å². The lowest BCUT2D eigenvalue weighted by Crippen LogP contribution is -2.49. The lowest BCUT2D eigenvalue weighted by molar-refractivity contribution is -0.0420. The number of fused-ring (bicyclic) bond motifs is 1. The van der Waals surface area contributed by atoms with Crippen molar-refractivity contribution in [3.63, 3.8) is 0 Å². The second-order valence-corrected chi connectivity index (χ2v) is 10.7. The molecule has 0 amide bonds. The molecule has 2 aliphatic heterocycles. The van der Waals surface area contributed by atoms with Crippen molar-refractivity contribution in [1.29, 1.82) is 0 Å². The molecule has 204 valence electrons. The minimum atomic E-state index is -0.697. The Kier molecular flexibility index (Phi) is 7.76. The SMILES string of the molecule is CC(C)n1c(CN2[C@H](C)COC[C@H]2C)cc(=O)c2ccc(-c3nc(N[C@@H]4CCOC[C@H]4O)ncc3F)cc21. The number of nitrogens with zero attached hydrogens (tertiary/aromatic N) is 4. The number of hydrogen-bond donors (Lipinski definition) is 2. The van der Waals surface area contributed by atoms with E-state index < -0.39 is 11.9 Å². The van der Waals surface area contributed by atoms with Crippen molar-refractivity contribution in [2.75, 3.05) is 31.7 Å². The molecule has 2 N–H and O–H groups in total. The van der Waals surface area contributed by atoms with Gasteiger partial charge in [-0.15, -0.1) is 0 Å². The number of aliphatic hydroxyl groups excluding tert-OH is 1. The molecule has 2 aromatic heterocycles. The molecule has 0 spiro atoms. The summed E-state index contributed by atoms with van der Waals surface area (Å²) in [5, 5.41) is 13.9. The van der Waals surface area contributed by atoms with Crippen molar-refractivity contribution < 1.29 is 19.0 Å². The van der Waals surface area contributed by atoms with E-state index in [1.807, 2.05) is 6.07 Å². The number of nitrogens with one attached hydrogen (secondary N) is 1. The van der Waals surface area contributed by atoms with Gasteiger partial charge in [-0.25, -0.2) is 14.4 Å². The van der Waals surface area contributed by atoms with Gasteiger partial charge in [0.2, 0.25) is 5.95 Å². The Bertz CT molecular complexity index is 1350. The Morgan fingerprint density at radius 2 is 1.92 bits per heavy atom. The summed E-state index contributed by atoms with van der Waals surface area (Å²) in [6.07, 6.45) is 1.03. The topological polar surface area (TPSA) is 102 Å². The van der Waals surface area contributed by atoms with Gasteiger partial charge in [-0.1, -0.05) is 6.07 Å². The first kappa shape index (κ1) is 26.7. The third-order valence-electron chi connectivity index (χ3n) is 7.50. The zero-order valence-electron chi connectivity index (χ0n) is 22.4. The van der Waals surface area contributed by atoms with Crippen LogP contribution in [0.4, 0.5) is 10.3 Å². The fourth-order valence-electron chi connectivity index (χ4n) is 5.50. The highest BCUT2D eigenvalue weighted by Gasteiger charge is 2.27. The molecule has 2 saturated heterocycles. The molecule has 2 aliphatic rings. The van der Waals surface area contributed by atoms with Crippen LogP contribution in [0.25, 0.3) is 22.2 Å². The van der Waals surface area contributed by atoms with E-state index in [1.54, 1.807) is 18.2 Å². The Labute approximate surface area is 221 Å². The average molecular weight is 526 g/mol. The summed E-state index contributed by atoms with van der Waals surface area (Å²) in [4.78, 5) is 24.1. The molecule has 38 heavy (non-hydrogen) atoms. The monoisotopic (exact) mass is 525 g/mol.